The minimum atomic E-state index is -0.632. The zero-order valence-corrected chi connectivity index (χ0v) is 58.8. The molecule has 16 aromatic carbocycles. The molecular formula is C101H62N6O2. The van der Waals surface area contributed by atoms with Crippen LogP contribution in [0.25, 0.3) is 139 Å². The minimum absolute atomic E-state index is 0.594. The molecule has 8 heteroatoms. The Labute approximate surface area is 627 Å². The summed E-state index contributed by atoms with van der Waals surface area (Å²) in [7, 11) is 0. The molecular weight excluding hydrogens is 1330 g/mol. The Kier molecular flexibility index (Phi) is 13.1. The van der Waals surface area contributed by atoms with Gasteiger partial charge in [-0.2, -0.15) is 0 Å². The summed E-state index contributed by atoms with van der Waals surface area (Å²) in [5.41, 5.74) is 26.3. The van der Waals surface area contributed by atoms with Crippen LogP contribution in [0.15, 0.2) is 376 Å². The second kappa shape index (κ2) is 23.5. The van der Waals surface area contributed by atoms with Crippen LogP contribution >= 0.6 is 0 Å². The summed E-state index contributed by atoms with van der Waals surface area (Å²) >= 11 is 0. The minimum Gasteiger partial charge on any atom is -0.456 e. The predicted molar refractivity (Wildman–Crippen MR) is 440 cm³/mol. The molecule has 109 heavy (non-hydrogen) atoms. The molecule has 8 nitrogen and oxygen atoms in total. The molecule has 20 aromatic rings. The maximum absolute atomic E-state index is 7.05. The van der Waals surface area contributed by atoms with E-state index in [1.807, 2.05) is 60.7 Å². The highest BCUT2D eigenvalue weighted by molar-refractivity contribution is 6.14. The van der Waals surface area contributed by atoms with Crippen molar-refractivity contribution < 1.29 is 9.47 Å². The van der Waals surface area contributed by atoms with Crippen LogP contribution in [0.1, 0.15) is 44.5 Å². The molecule has 0 amide bonds. The van der Waals surface area contributed by atoms with Crippen molar-refractivity contribution in [2.75, 3.05) is 0 Å². The first kappa shape index (κ1) is 60.9. The normalized spacial score (nSPS) is 15.2. The van der Waals surface area contributed by atoms with Gasteiger partial charge in [-0.1, -0.05) is 315 Å². The van der Waals surface area contributed by atoms with Gasteiger partial charge in [0.15, 0.2) is 17.5 Å². The van der Waals surface area contributed by atoms with Gasteiger partial charge in [0.1, 0.15) is 23.0 Å². The average molecular weight is 1390 g/mol. The van der Waals surface area contributed by atoms with Crippen LogP contribution < -0.4 is 9.47 Å². The maximum atomic E-state index is 7.05. The van der Waals surface area contributed by atoms with Gasteiger partial charge in [0, 0.05) is 88.1 Å². The Morgan fingerprint density at radius 3 is 0.954 bits per heavy atom. The van der Waals surface area contributed by atoms with Crippen molar-refractivity contribution in [3.63, 3.8) is 0 Å². The lowest BCUT2D eigenvalue weighted by Crippen LogP contribution is -2.37. The van der Waals surface area contributed by atoms with Crippen molar-refractivity contribution >= 4 is 65.4 Å². The zero-order valence-electron chi connectivity index (χ0n) is 58.8. The van der Waals surface area contributed by atoms with Crippen molar-refractivity contribution in [3.05, 3.63) is 421 Å². The summed E-state index contributed by atoms with van der Waals surface area (Å²) in [6, 6.07) is 135. The Balaban J connectivity index is 0.000000132. The summed E-state index contributed by atoms with van der Waals surface area (Å²) in [5.74, 6) is 5.41. The standard InChI is InChI=1S/C52H32N4O.C49H30N2O/c1-3-15-34(16-4-1)49-53-50(35-17-5-2-6-18-35)55-51(54-49)36-31-29-33(30-32-36)37-20-13-25-43-48(37)57-46-28-12-9-23-41(46)52(43)40-22-8-11-27-45(40)56-44-26-10-7-19-38(44)39-21-14-24-42(52)47(39)56;1-6-22-42-34(13-1)35-14-2-7-23-43(35)50(42)32-29-27-31(28-30-32)33-16-11-21-41-48(33)52-46-26-10-5-19-39(46)49(41)38-18-4-9-25-45(38)51-44-24-8-3-15-36(44)37-17-12-20-40(49)47(37)51/h1-32H;1-30H. The molecule has 2 unspecified atom stereocenters. The van der Waals surface area contributed by atoms with E-state index in [0.29, 0.717) is 17.5 Å². The largest absolute Gasteiger partial charge is 0.456 e. The molecule has 0 fully saturated rings. The summed E-state index contributed by atoms with van der Waals surface area (Å²) < 4.78 is 21.4. The van der Waals surface area contributed by atoms with E-state index < -0.39 is 10.8 Å². The van der Waals surface area contributed by atoms with Gasteiger partial charge in [-0.25, -0.2) is 15.0 Å². The van der Waals surface area contributed by atoms with Crippen LogP contribution in [0.2, 0.25) is 0 Å². The number of para-hydroxylation sites is 12. The first-order valence-electron chi connectivity index (χ1n) is 37.2. The lowest BCUT2D eigenvalue weighted by molar-refractivity contribution is 0.435. The van der Waals surface area contributed by atoms with E-state index in [2.05, 4.69) is 329 Å². The van der Waals surface area contributed by atoms with Gasteiger partial charge in [0.25, 0.3) is 0 Å². The molecule has 0 radical (unpaired) electrons. The molecule has 0 bridgehead atoms. The molecule has 0 saturated heterocycles. The fourth-order valence-electron chi connectivity index (χ4n) is 18.9. The fourth-order valence-corrected chi connectivity index (χ4v) is 18.9. The molecule has 4 aromatic heterocycles. The molecule has 2 spiro atoms. The highest BCUT2D eigenvalue weighted by Crippen LogP contribution is 2.64. The number of fused-ring (bicyclic) bond motifs is 25. The molecule has 4 aliphatic rings. The second-order valence-corrected chi connectivity index (χ2v) is 28.7. The first-order valence-corrected chi connectivity index (χ1v) is 37.2. The smallest absolute Gasteiger partial charge is 0.164 e. The Morgan fingerprint density at radius 2 is 0.514 bits per heavy atom. The topological polar surface area (TPSA) is 71.9 Å². The molecule has 24 rings (SSSR count). The fraction of sp³-hybridized carbons (Fsp3) is 0.0198. The maximum Gasteiger partial charge on any atom is 0.164 e. The van der Waals surface area contributed by atoms with Gasteiger partial charge in [-0.3, -0.25) is 0 Å². The van der Waals surface area contributed by atoms with Crippen molar-refractivity contribution in [1.82, 2.24) is 28.7 Å². The summed E-state index contributed by atoms with van der Waals surface area (Å²) in [5, 5.41) is 7.56. The SMILES string of the molecule is c1ccc(-c2nc(-c3ccccc3)nc(-c3ccc(-c4cccc5c4Oc4ccccc4C54c5ccccc5-n5c6ccccc6c6cccc4c65)cc3)n2)cc1.c1ccc2c(c1)Oc1c(-c3ccc(-n4c5ccccc5c5ccccc54)cc3)cccc1C21c2ccccc2-n2c3ccccc3c3cccc1c32. The molecule has 4 aliphatic heterocycles. The quantitative estimate of drug-likeness (QED) is 0.166. The number of rotatable bonds is 6. The van der Waals surface area contributed by atoms with Crippen molar-refractivity contribution in [2.45, 2.75) is 10.8 Å². The van der Waals surface area contributed by atoms with Crippen molar-refractivity contribution in [1.29, 1.82) is 0 Å². The number of hydrogen-bond donors (Lipinski definition) is 0. The molecule has 0 N–H and O–H groups in total. The number of hydrogen-bond acceptors (Lipinski definition) is 5. The summed E-state index contributed by atoms with van der Waals surface area (Å²) in [4.78, 5) is 14.8. The number of nitrogens with zero attached hydrogens (tertiary/aromatic N) is 6. The Morgan fingerprint density at radius 1 is 0.211 bits per heavy atom. The third-order valence-electron chi connectivity index (χ3n) is 23.3. The highest BCUT2D eigenvalue weighted by atomic mass is 16.5. The zero-order chi connectivity index (χ0) is 71.5. The summed E-state index contributed by atoms with van der Waals surface area (Å²) in [6.45, 7) is 0. The summed E-state index contributed by atoms with van der Waals surface area (Å²) in [6.07, 6.45) is 0. The number of aromatic nitrogens is 6. The van der Waals surface area contributed by atoms with E-state index >= 15 is 0 Å². The third-order valence-corrected chi connectivity index (χ3v) is 23.3. The van der Waals surface area contributed by atoms with Crippen LogP contribution in [-0.2, 0) is 10.8 Å². The van der Waals surface area contributed by atoms with E-state index in [1.165, 1.54) is 99.0 Å². The van der Waals surface area contributed by atoms with Gasteiger partial charge < -0.3 is 23.2 Å². The number of ether oxygens (including phenoxy) is 2. The van der Waals surface area contributed by atoms with E-state index in [-0.39, 0.29) is 0 Å². The monoisotopic (exact) mass is 1390 g/mol. The van der Waals surface area contributed by atoms with Crippen LogP contribution in [-0.4, -0.2) is 28.7 Å². The van der Waals surface area contributed by atoms with Gasteiger partial charge in [0.2, 0.25) is 0 Å². The van der Waals surface area contributed by atoms with Crippen LogP contribution in [0.5, 0.6) is 23.0 Å². The predicted octanol–water partition coefficient (Wildman–Crippen LogP) is 24.8. The molecule has 8 heterocycles. The van der Waals surface area contributed by atoms with Crippen LogP contribution in [0.4, 0.5) is 0 Å². The van der Waals surface area contributed by atoms with Crippen LogP contribution in [0.3, 0.4) is 0 Å². The number of benzene rings is 16. The molecule has 0 aliphatic carbocycles. The third kappa shape index (κ3) is 8.62. The van der Waals surface area contributed by atoms with Gasteiger partial charge in [-0.05, 0) is 94.0 Å². The molecule has 2 atom stereocenters. The van der Waals surface area contributed by atoms with Gasteiger partial charge in [-0.15, -0.1) is 0 Å². The second-order valence-electron chi connectivity index (χ2n) is 28.7. The van der Waals surface area contributed by atoms with Crippen molar-refractivity contribution in [2.24, 2.45) is 0 Å². The molecule has 0 saturated carbocycles. The first-order chi connectivity index (χ1) is 54.1. The van der Waals surface area contributed by atoms with E-state index in [0.717, 1.165) is 89.9 Å². The Bertz CT molecular complexity index is 7060. The van der Waals surface area contributed by atoms with Crippen LogP contribution in [0, 0.1) is 0 Å². The molecule has 508 valence electrons. The highest BCUT2D eigenvalue weighted by Gasteiger charge is 2.53. The average Bonchev–Trinajstić information content (AvgIpc) is 1.65. The Hall–Kier alpha value is -14.5. The lowest BCUT2D eigenvalue weighted by Gasteiger charge is -2.45. The van der Waals surface area contributed by atoms with E-state index in [1.54, 1.807) is 0 Å². The van der Waals surface area contributed by atoms with Gasteiger partial charge in [0.05, 0.1) is 55.3 Å². The van der Waals surface area contributed by atoms with E-state index in [9.17, 15) is 0 Å². The lowest BCUT2D eigenvalue weighted by atomic mass is 9.61. The van der Waals surface area contributed by atoms with Gasteiger partial charge >= 0.3 is 0 Å². The van der Waals surface area contributed by atoms with Crippen molar-refractivity contribution in [3.8, 4) is 96.5 Å². The van der Waals surface area contributed by atoms with E-state index in [4.69, 9.17) is 24.4 Å².